The molecule has 2 aromatic carbocycles. The number of carbonyl (C=O) groups excluding carboxylic acids is 1. The van der Waals surface area contributed by atoms with Gasteiger partial charge in [-0.1, -0.05) is 12.1 Å². The van der Waals surface area contributed by atoms with E-state index in [0.29, 0.717) is 17.2 Å². The van der Waals surface area contributed by atoms with Crippen molar-refractivity contribution in [1.82, 2.24) is 0 Å². The lowest BCUT2D eigenvalue weighted by Crippen LogP contribution is -2.30. The molecule has 0 aliphatic carbocycles. The molecule has 0 aliphatic heterocycles. The molecule has 2 aromatic rings. The van der Waals surface area contributed by atoms with Crippen molar-refractivity contribution in [3.8, 4) is 11.5 Å². The number of hydrogen-bond acceptors (Lipinski definition) is 3. The van der Waals surface area contributed by atoms with Crippen molar-refractivity contribution in [1.29, 1.82) is 0 Å². The minimum absolute atomic E-state index is 0.201. The molecule has 0 heterocycles. The monoisotopic (exact) mass is 299 g/mol. The van der Waals surface area contributed by atoms with Gasteiger partial charge in [-0.15, -0.1) is 0 Å². The van der Waals surface area contributed by atoms with Gasteiger partial charge in [0.15, 0.2) is 6.10 Å². The lowest BCUT2D eigenvalue weighted by Gasteiger charge is -2.16. The third kappa shape index (κ3) is 4.25. The molecule has 1 N–H and O–H groups in total. The number of benzene rings is 2. The van der Waals surface area contributed by atoms with Crippen LogP contribution in [0.15, 0.2) is 42.5 Å². The Balaban J connectivity index is 2.02. The fourth-order valence-corrected chi connectivity index (χ4v) is 2.20. The molecule has 0 bridgehead atoms. The van der Waals surface area contributed by atoms with Gasteiger partial charge in [-0.25, -0.2) is 0 Å². The van der Waals surface area contributed by atoms with E-state index in [1.807, 2.05) is 44.2 Å². The molecule has 2 rings (SSSR count). The summed E-state index contributed by atoms with van der Waals surface area (Å²) in [5, 5.41) is 2.82. The van der Waals surface area contributed by atoms with Crippen LogP contribution in [0.1, 0.15) is 18.1 Å². The number of amides is 1. The summed E-state index contributed by atoms with van der Waals surface area (Å²) in [4.78, 5) is 12.2. The lowest BCUT2D eigenvalue weighted by atomic mass is 10.1. The van der Waals surface area contributed by atoms with E-state index in [1.165, 1.54) is 0 Å². The van der Waals surface area contributed by atoms with Gasteiger partial charge in [-0.3, -0.25) is 4.79 Å². The first-order chi connectivity index (χ1) is 10.5. The molecule has 0 saturated heterocycles. The Bertz CT molecular complexity index is 647. The predicted octanol–water partition coefficient (Wildman–Crippen LogP) is 3.72. The van der Waals surface area contributed by atoms with Gasteiger partial charge in [0, 0.05) is 11.8 Å². The molecule has 0 fully saturated rings. The number of aryl methyl sites for hydroxylation is 2. The highest BCUT2D eigenvalue weighted by molar-refractivity contribution is 5.94. The average Bonchev–Trinajstić information content (AvgIpc) is 2.46. The summed E-state index contributed by atoms with van der Waals surface area (Å²) in [7, 11) is 1.59. The van der Waals surface area contributed by atoms with Crippen molar-refractivity contribution < 1.29 is 14.3 Å². The van der Waals surface area contributed by atoms with Crippen molar-refractivity contribution in [3.05, 3.63) is 53.6 Å². The van der Waals surface area contributed by atoms with Crippen LogP contribution in [0, 0.1) is 13.8 Å². The highest BCUT2D eigenvalue weighted by Crippen LogP contribution is 2.19. The molecular weight excluding hydrogens is 278 g/mol. The second-order valence-electron chi connectivity index (χ2n) is 5.30. The Labute approximate surface area is 131 Å². The van der Waals surface area contributed by atoms with E-state index in [4.69, 9.17) is 9.47 Å². The highest BCUT2D eigenvalue weighted by atomic mass is 16.5. The first kappa shape index (κ1) is 15.9. The number of anilines is 1. The summed E-state index contributed by atoms with van der Waals surface area (Å²) in [5.74, 6) is 1.19. The van der Waals surface area contributed by atoms with E-state index in [2.05, 4.69) is 11.4 Å². The van der Waals surface area contributed by atoms with E-state index in [0.717, 1.165) is 11.1 Å². The maximum Gasteiger partial charge on any atom is 0.265 e. The van der Waals surface area contributed by atoms with Gasteiger partial charge in [0.2, 0.25) is 0 Å². The van der Waals surface area contributed by atoms with Gasteiger partial charge in [0.05, 0.1) is 7.11 Å². The number of ether oxygens (including phenoxy) is 2. The molecular formula is C18H21NO3. The zero-order valence-electron chi connectivity index (χ0n) is 13.3. The third-order valence-corrected chi connectivity index (χ3v) is 3.21. The Morgan fingerprint density at radius 3 is 2.36 bits per heavy atom. The molecule has 0 radical (unpaired) electrons. The fraction of sp³-hybridized carbons (Fsp3) is 0.278. The summed E-state index contributed by atoms with van der Waals surface area (Å²) >= 11 is 0. The van der Waals surface area contributed by atoms with Gasteiger partial charge in [0.1, 0.15) is 11.5 Å². The third-order valence-electron chi connectivity index (χ3n) is 3.21. The Kier molecular flexibility index (Phi) is 5.04. The summed E-state index contributed by atoms with van der Waals surface area (Å²) in [6.45, 7) is 5.73. The lowest BCUT2D eigenvalue weighted by molar-refractivity contribution is -0.122. The van der Waals surface area contributed by atoms with Crippen LogP contribution in [0.4, 0.5) is 5.69 Å². The van der Waals surface area contributed by atoms with Crippen LogP contribution in [0.25, 0.3) is 0 Å². The van der Waals surface area contributed by atoms with E-state index in [-0.39, 0.29) is 5.91 Å². The highest BCUT2D eigenvalue weighted by Gasteiger charge is 2.15. The fourth-order valence-electron chi connectivity index (χ4n) is 2.20. The predicted molar refractivity (Wildman–Crippen MR) is 87.6 cm³/mol. The average molecular weight is 299 g/mol. The second kappa shape index (κ2) is 6.98. The standard InChI is InChI=1S/C18H21NO3/c1-12-8-13(2)10-17(9-12)22-14(3)18(20)19-15-6-5-7-16(11-15)21-4/h5-11,14H,1-4H3,(H,19,20)/t14-/m1/s1. The van der Waals surface area contributed by atoms with Crippen LogP contribution >= 0.6 is 0 Å². The number of methoxy groups -OCH3 is 1. The van der Waals surface area contributed by atoms with Crippen molar-refractivity contribution in [2.24, 2.45) is 0 Å². The Morgan fingerprint density at radius 2 is 1.73 bits per heavy atom. The molecule has 1 atom stereocenters. The minimum Gasteiger partial charge on any atom is -0.497 e. The quantitative estimate of drug-likeness (QED) is 0.915. The number of carbonyl (C=O) groups is 1. The van der Waals surface area contributed by atoms with Crippen LogP contribution in [-0.2, 0) is 4.79 Å². The molecule has 0 aromatic heterocycles. The topological polar surface area (TPSA) is 47.6 Å². The van der Waals surface area contributed by atoms with Gasteiger partial charge in [0.25, 0.3) is 5.91 Å². The van der Waals surface area contributed by atoms with Gasteiger partial charge in [-0.2, -0.15) is 0 Å². The summed E-state index contributed by atoms with van der Waals surface area (Å²) < 4.78 is 10.9. The first-order valence-corrected chi connectivity index (χ1v) is 7.18. The van der Waals surface area contributed by atoms with Crippen LogP contribution < -0.4 is 14.8 Å². The van der Waals surface area contributed by atoms with Crippen molar-refractivity contribution >= 4 is 11.6 Å². The minimum atomic E-state index is -0.590. The van der Waals surface area contributed by atoms with Gasteiger partial charge < -0.3 is 14.8 Å². The molecule has 1 amide bonds. The van der Waals surface area contributed by atoms with Crippen LogP contribution in [0.5, 0.6) is 11.5 Å². The smallest absolute Gasteiger partial charge is 0.265 e. The first-order valence-electron chi connectivity index (χ1n) is 7.18. The SMILES string of the molecule is COc1cccc(NC(=O)[C@@H](C)Oc2cc(C)cc(C)c2)c1. The normalized spacial score (nSPS) is 11.6. The second-order valence-corrected chi connectivity index (χ2v) is 5.30. The molecule has 0 aliphatic rings. The van der Waals surface area contributed by atoms with Crippen LogP contribution in [-0.4, -0.2) is 19.1 Å². The Morgan fingerprint density at radius 1 is 1.05 bits per heavy atom. The Hall–Kier alpha value is -2.49. The molecule has 0 unspecified atom stereocenters. The van der Waals surface area contributed by atoms with E-state index >= 15 is 0 Å². The molecule has 4 nitrogen and oxygen atoms in total. The molecule has 0 spiro atoms. The number of rotatable bonds is 5. The molecule has 0 saturated carbocycles. The van der Waals surface area contributed by atoms with Crippen molar-refractivity contribution in [2.75, 3.05) is 12.4 Å². The maximum atomic E-state index is 12.2. The van der Waals surface area contributed by atoms with E-state index in [9.17, 15) is 4.79 Å². The summed E-state index contributed by atoms with van der Waals surface area (Å²) in [5.41, 5.74) is 2.89. The van der Waals surface area contributed by atoms with E-state index in [1.54, 1.807) is 20.1 Å². The van der Waals surface area contributed by atoms with Gasteiger partial charge in [-0.05, 0) is 56.2 Å². The maximum absolute atomic E-state index is 12.2. The van der Waals surface area contributed by atoms with Gasteiger partial charge >= 0.3 is 0 Å². The number of hydrogen-bond donors (Lipinski definition) is 1. The zero-order chi connectivity index (χ0) is 16.1. The molecule has 4 heteroatoms. The summed E-state index contributed by atoms with van der Waals surface area (Å²) in [6, 6.07) is 13.1. The number of nitrogens with one attached hydrogen (secondary N) is 1. The zero-order valence-corrected chi connectivity index (χ0v) is 13.3. The van der Waals surface area contributed by atoms with Crippen LogP contribution in [0.2, 0.25) is 0 Å². The van der Waals surface area contributed by atoms with E-state index < -0.39 is 6.10 Å². The summed E-state index contributed by atoms with van der Waals surface area (Å²) in [6.07, 6.45) is -0.590. The van der Waals surface area contributed by atoms with Crippen LogP contribution in [0.3, 0.4) is 0 Å². The van der Waals surface area contributed by atoms with Crippen molar-refractivity contribution in [2.45, 2.75) is 26.9 Å². The van der Waals surface area contributed by atoms with Crippen molar-refractivity contribution in [3.63, 3.8) is 0 Å². The molecule has 22 heavy (non-hydrogen) atoms. The largest absolute Gasteiger partial charge is 0.497 e. The molecule has 116 valence electrons.